The Balaban J connectivity index is 0.000000162. The molecule has 2 heterocycles. The Kier molecular flexibility index (Phi) is 7.95. The summed E-state index contributed by atoms with van der Waals surface area (Å²) in [7, 11) is -4.00. The average molecular weight is 639 g/mol. The molecule has 2 unspecified atom stereocenters. The van der Waals surface area contributed by atoms with Crippen LogP contribution in [-0.2, 0) is 30.5 Å². The van der Waals surface area contributed by atoms with E-state index in [2.05, 4.69) is 0 Å². The van der Waals surface area contributed by atoms with Crippen LogP contribution in [-0.4, -0.2) is 65.1 Å². The van der Waals surface area contributed by atoms with Gasteiger partial charge < -0.3 is 4.74 Å². The van der Waals surface area contributed by atoms with Gasteiger partial charge in [0.1, 0.15) is 5.60 Å². The smallest absolute Gasteiger partial charge is 0.416 e. The highest BCUT2D eigenvalue weighted by Gasteiger charge is 2.57. The molecule has 8 nitrogen and oxygen atoms in total. The zero-order valence-corrected chi connectivity index (χ0v) is 26.2. The number of hydrogen-bond acceptors (Lipinski definition) is 6. The first-order chi connectivity index (χ1) is 20.6. The number of likely N-dealkylation sites (tertiary alicyclic amines) is 1. The van der Waals surface area contributed by atoms with Crippen molar-refractivity contribution in [3.05, 3.63) is 29.8 Å². The van der Waals surface area contributed by atoms with Crippen molar-refractivity contribution in [3.63, 3.8) is 0 Å². The highest BCUT2D eigenvalue weighted by atomic mass is 32.2. The molecule has 242 valence electrons. The molecule has 6 aliphatic rings. The highest BCUT2D eigenvalue weighted by molar-refractivity contribution is 7.89. The van der Waals surface area contributed by atoms with Crippen LogP contribution in [0.4, 0.5) is 18.0 Å². The lowest BCUT2D eigenvalue weighted by molar-refractivity contribution is -0.137. The molecule has 4 atom stereocenters. The molecule has 1 amide bonds. The van der Waals surface area contributed by atoms with Gasteiger partial charge >= 0.3 is 12.3 Å². The third-order valence-electron chi connectivity index (χ3n) is 9.57. The molecule has 0 N–H and O–H groups in total. The van der Waals surface area contributed by atoms with Crippen molar-refractivity contribution >= 4 is 27.7 Å². The number of sulfonamides is 1. The number of alkyl halides is 3. The molecule has 1 aromatic rings. The predicted molar refractivity (Wildman–Crippen MR) is 154 cm³/mol. The highest BCUT2D eigenvalue weighted by Crippen LogP contribution is 2.49. The standard InChI is InChI=1S/C17H18F3NO3S.C15H23NO3/c18-17(19,20)12-5-7-13(8-6-12)25(23,24)21-14(10-1-2-10)9-15(22)16(21)11-3-4-11;1-15(2,3)19-14(18)16-11(9-4-5-9)8-12(17)13(16)10-6-7-10/h5-8,10-11,14,16H,1-4,9H2;9-11,13H,4-8H2,1-3H3/t14?,16-;11?,13-/m00/s1. The first-order valence-corrected chi connectivity index (χ1v) is 17.3. The molecule has 1 aromatic carbocycles. The number of rotatable bonds is 6. The maximum absolute atomic E-state index is 13.1. The lowest BCUT2D eigenvalue weighted by Gasteiger charge is -2.32. The molecule has 0 spiro atoms. The molecule has 12 heteroatoms. The minimum Gasteiger partial charge on any atom is -0.444 e. The van der Waals surface area contributed by atoms with Crippen LogP contribution >= 0.6 is 0 Å². The Hall–Kier alpha value is -2.47. The lowest BCUT2D eigenvalue weighted by atomic mass is 10.1. The van der Waals surface area contributed by atoms with Gasteiger partial charge in [0.25, 0.3) is 0 Å². The second-order valence-electron chi connectivity index (χ2n) is 14.5. The fraction of sp³-hybridized carbons (Fsp3) is 0.719. The predicted octanol–water partition coefficient (Wildman–Crippen LogP) is 5.98. The maximum atomic E-state index is 13.1. The van der Waals surface area contributed by atoms with E-state index in [-0.39, 0.29) is 58.9 Å². The van der Waals surface area contributed by atoms with Crippen LogP contribution in [0.3, 0.4) is 0 Å². The quantitative estimate of drug-likeness (QED) is 0.380. The Labute approximate surface area is 256 Å². The van der Waals surface area contributed by atoms with E-state index in [0.717, 1.165) is 75.6 Å². The van der Waals surface area contributed by atoms with E-state index in [0.29, 0.717) is 18.3 Å². The zero-order valence-electron chi connectivity index (χ0n) is 25.4. The van der Waals surface area contributed by atoms with E-state index in [4.69, 9.17) is 4.74 Å². The van der Waals surface area contributed by atoms with Gasteiger partial charge in [0.15, 0.2) is 11.6 Å². The normalized spacial score (nSPS) is 29.9. The Morgan fingerprint density at radius 2 is 1.20 bits per heavy atom. The van der Waals surface area contributed by atoms with E-state index in [1.165, 1.54) is 4.31 Å². The van der Waals surface area contributed by atoms with Gasteiger partial charge in [0, 0.05) is 24.9 Å². The van der Waals surface area contributed by atoms with Crippen LogP contribution in [0.2, 0.25) is 0 Å². The SMILES string of the molecule is CC(C)(C)OC(=O)N1C(C2CC2)CC(=O)[C@@H]1C1CC1.O=C1CC(C2CC2)N(S(=O)(=O)c2ccc(C(F)(F)F)cc2)[C@H]1C1CC1. The fourth-order valence-electron chi connectivity index (χ4n) is 6.90. The molecule has 44 heavy (non-hydrogen) atoms. The number of amides is 1. The van der Waals surface area contributed by atoms with E-state index < -0.39 is 33.4 Å². The zero-order chi connectivity index (χ0) is 31.8. The van der Waals surface area contributed by atoms with Crippen LogP contribution in [0.1, 0.15) is 90.5 Å². The summed E-state index contributed by atoms with van der Waals surface area (Å²) in [6, 6.07) is 2.48. The number of benzene rings is 1. The number of halogens is 3. The van der Waals surface area contributed by atoms with Gasteiger partial charge in [-0.25, -0.2) is 13.2 Å². The first kappa shape index (κ1) is 31.5. The van der Waals surface area contributed by atoms with E-state index in [1.807, 2.05) is 20.8 Å². The van der Waals surface area contributed by atoms with Crippen molar-refractivity contribution in [2.45, 2.75) is 126 Å². The molecule has 4 aliphatic carbocycles. The van der Waals surface area contributed by atoms with E-state index in [9.17, 15) is 36.0 Å². The average Bonchev–Trinajstić information content (AvgIpc) is 3.77. The third-order valence-corrected chi connectivity index (χ3v) is 11.5. The summed E-state index contributed by atoms with van der Waals surface area (Å²) in [4.78, 5) is 38.7. The molecule has 2 saturated heterocycles. The topological polar surface area (TPSA) is 101 Å². The number of hydrogen-bond donors (Lipinski definition) is 0. The second-order valence-corrected chi connectivity index (χ2v) is 16.3. The molecular weight excluding hydrogens is 597 g/mol. The number of ether oxygens (including phenoxy) is 1. The van der Waals surface area contributed by atoms with Crippen LogP contribution in [0.25, 0.3) is 0 Å². The molecule has 0 aromatic heterocycles. The fourth-order valence-corrected chi connectivity index (χ4v) is 8.81. The summed E-state index contributed by atoms with van der Waals surface area (Å²) in [6.45, 7) is 5.63. The summed E-state index contributed by atoms with van der Waals surface area (Å²) in [5.41, 5.74) is -1.38. The number of nitrogens with zero attached hydrogens (tertiary/aromatic N) is 2. The number of carbonyl (C=O) groups excluding carboxylic acids is 3. The van der Waals surface area contributed by atoms with Gasteiger partial charge in [0.05, 0.1) is 22.5 Å². The number of ketones is 2. The molecule has 6 fully saturated rings. The number of carbonyl (C=O) groups is 3. The number of Topliss-reactive ketones (excluding diaryl/α,β-unsaturated/α-hetero) is 2. The van der Waals surface area contributed by atoms with Crippen molar-refractivity contribution in [1.29, 1.82) is 0 Å². The van der Waals surface area contributed by atoms with Crippen LogP contribution in [0.5, 0.6) is 0 Å². The minimum atomic E-state index is -4.51. The molecule has 0 bridgehead atoms. The monoisotopic (exact) mass is 638 g/mol. The van der Waals surface area contributed by atoms with Gasteiger partial charge in [-0.05, 0) is 120 Å². The van der Waals surface area contributed by atoms with Crippen molar-refractivity contribution in [3.8, 4) is 0 Å². The van der Waals surface area contributed by atoms with Gasteiger partial charge in [-0.3, -0.25) is 14.5 Å². The summed E-state index contributed by atoms with van der Waals surface area (Å²) >= 11 is 0. The van der Waals surface area contributed by atoms with Gasteiger partial charge in [0.2, 0.25) is 10.0 Å². The van der Waals surface area contributed by atoms with Crippen LogP contribution in [0, 0.1) is 23.7 Å². The second kappa shape index (κ2) is 11.1. The summed E-state index contributed by atoms with van der Waals surface area (Å²) in [5.74, 6) is 1.38. The summed E-state index contributed by atoms with van der Waals surface area (Å²) in [6.07, 6.45) is 3.87. The summed E-state index contributed by atoms with van der Waals surface area (Å²) < 4.78 is 71.2. The maximum Gasteiger partial charge on any atom is 0.416 e. The van der Waals surface area contributed by atoms with Gasteiger partial charge in [-0.1, -0.05) is 0 Å². The Morgan fingerprint density at radius 3 is 1.68 bits per heavy atom. The van der Waals surface area contributed by atoms with Crippen molar-refractivity contribution in [2.75, 3.05) is 0 Å². The Morgan fingerprint density at radius 1 is 0.750 bits per heavy atom. The van der Waals surface area contributed by atoms with Crippen molar-refractivity contribution in [2.24, 2.45) is 23.7 Å². The summed E-state index contributed by atoms with van der Waals surface area (Å²) in [5, 5.41) is 0. The molecule has 7 rings (SSSR count). The van der Waals surface area contributed by atoms with Crippen molar-refractivity contribution < 1.29 is 40.7 Å². The molecule has 2 aliphatic heterocycles. The van der Waals surface area contributed by atoms with Crippen LogP contribution < -0.4 is 0 Å². The van der Waals surface area contributed by atoms with Crippen molar-refractivity contribution in [1.82, 2.24) is 9.21 Å². The van der Waals surface area contributed by atoms with Crippen LogP contribution in [0.15, 0.2) is 29.2 Å². The first-order valence-electron chi connectivity index (χ1n) is 15.8. The third kappa shape index (κ3) is 6.57. The largest absolute Gasteiger partial charge is 0.444 e. The van der Waals surface area contributed by atoms with Gasteiger partial charge in [-0.2, -0.15) is 17.5 Å². The molecular formula is C32H41F3N2O6S. The molecule has 4 saturated carbocycles. The van der Waals surface area contributed by atoms with E-state index >= 15 is 0 Å². The molecule has 0 radical (unpaired) electrons. The van der Waals surface area contributed by atoms with E-state index in [1.54, 1.807) is 4.90 Å². The minimum absolute atomic E-state index is 0.0464. The Bertz CT molecular complexity index is 1410. The lowest BCUT2D eigenvalue weighted by Crippen LogP contribution is -2.47. The van der Waals surface area contributed by atoms with Gasteiger partial charge in [-0.15, -0.1) is 0 Å².